The van der Waals surface area contributed by atoms with E-state index in [0.717, 1.165) is 17.6 Å². The van der Waals surface area contributed by atoms with Gasteiger partial charge in [-0.2, -0.15) is 0 Å². The molecule has 262 valence electrons. The first-order chi connectivity index (χ1) is 21.5. The summed E-state index contributed by atoms with van der Waals surface area (Å²) in [5, 5.41) is 94.4. The Morgan fingerprint density at radius 2 is 1.50 bits per heavy atom. The molecule has 0 aromatic heterocycles. The maximum Gasteiger partial charge on any atom is 0.187 e. The molecule has 0 aromatic carbocycles. The molecule has 0 aromatic rings. The fourth-order valence-electron chi connectivity index (χ4n) is 8.53. The fraction of sp³-hybridized carbons (Fsp3) is 0.844. The van der Waals surface area contributed by atoms with Crippen LogP contribution in [0.3, 0.4) is 0 Å². The molecule has 2 heterocycles. The first-order valence-electron chi connectivity index (χ1n) is 16.0. The SMILES string of the molecule is C=C[C@@]1(C)CCC2=C(C1)C(=O)C[C@H]1[C@@](C)(CO)[C@@H](O[C@@H]3O[C@H](CO[C@H]4O[C@H](CO)[C@@H](O)[C@H](O)[C@H]4O)[C@@H](O)[C@@H](O)[C@@H]3O)[C@H](O)C[C@]21C. The van der Waals surface area contributed by atoms with E-state index in [4.69, 9.17) is 18.9 Å². The van der Waals surface area contributed by atoms with Gasteiger partial charge in [0.2, 0.25) is 0 Å². The molecule has 1 saturated carbocycles. The third kappa shape index (κ3) is 5.93. The Morgan fingerprint density at radius 3 is 2.11 bits per heavy atom. The number of aliphatic hydroxyl groups excluding tert-OH is 9. The van der Waals surface area contributed by atoms with Crippen molar-refractivity contribution in [3.8, 4) is 0 Å². The number of rotatable bonds is 8. The van der Waals surface area contributed by atoms with E-state index in [1.165, 1.54) is 0 Å². The predicted octanol–water partition coefficient (Wildman–Crippen LogP) is -1.97. The standard InChI is InChI=1S/C32H50O14/c1-5-30(2)7-6-15-14(9-30)16(35)8-20-31(15,3)10-17(36)27(32(20,4)13-34)46-29-26(42)24(40)22(38)19(45-29)12-43-28-25(41)23(39)21(37)18(11-33)44-28/h5,17-29,33-34,36-42H,1,6-13H2,2-4H3/t17-,18-,19-,20-,21-,22-,23+,24-,25-,26+,27+,28+,29+,30+,31-,32-/m1/s1. The summed E-state index contributed by atoms with van der Waals surface area (Å²) in [6.07, 6.45) is -14.1. The highest BCUT2D eigenvalue weighted by molar-refractivity contribution is 5.98. The van der Waals surface area contributed by atoms with Gasteiger partial charge in [-0.15, -0.1) is 6.58 Å². The second-order valence-corrected chi connectivity index (χ2v) is 14.6. The Kier molecular flexibility index (Phi) is 10.3. The number of allylic oxidation sites excluding steroid dienone is 3. The van der Waals surface area contributed by atoms with E-state index in [1.807, 2.05) is 13.0 Å². The molecule has 16 atom stereocenters. The van der Waals surface area contributed by atoms with Gasteiger partial charge in [-0.25, -0.2) is 0 Å². The molecule has 3 aliphatic carbocycles. The van der Waals surface area contributed by atoms with Crippen LogP contribution in [0, 0.1) is 22.2 Å². The molecule has 5 aliphatic rings. The Bertz CT molecular complexity index is 1180. The molecule has 5 rings (SSSR count). The van der Waals surface area contributed by atoms with Crippen LogP contribution in [-0.2, 0) is 23.7 Å². The zero-order valence-electron chi connectivity index (χ0n) is 26.5. The van der Waals surface area contributed by atoms with Crippen LogP contribution in [-0.4, -0.2) is 145 Å². The third-order valence-electron chi connectivity index (χ3n) is 11.6. The van der Waals surface area contributed by atoms with Gasteiger partial charge in [0.15, 0.2) is 18.4 Å². The second kappa shape index (κ2) is 13.2. The van der Waals surface area contributed by atoms with Crippen molar-refractivity contribution in [2.24, 2.45) is 22.2 Å². The summed E-state index contributed by atoms with van der Waals surface area (Å²) in [5.74, 6) is -0.447. The van der Waals surface area contributed by atoms with Gasteiger partial charge < -0.3 is 64.9 Å². The Morgan fingerprint density at radius 1 is 0.891 bits per heavy atom. The van der Waals surface area contributed by atoms with Crippen molar-refractivity contribution >= 4 is 5.78 Å². The van der Waals surface area contributed by atoms with Gasteiger partial charge in [0.1, 0.15) is 48.8 Å². The maximum absolute atomic E-state index is 13.6. The quantitative estimate of drug-likeness (QED) is 0.129. The smallest absolute Gasteiger partial charge is 0.187 e. The van der Waals surface area contributed by atoms with Crippen molar-refractivity contribution in [1.29, 1.82) is 0 Å². The van der Waals surface area contributed by atoms with Crippen molar-refractivity contribution < 1.29 is 69.7 Å². The van der Waals surface area contributed by atoms with Crippen molar-refractivity contribution in [2.45, 2.75) is 126 Å². The minimum Gasteiger partial charge on any atom is -0.396 e. The first kappa shape index (κ1) is 35.9. The number of hydrogen-bond acceptors (Lipinski definition) is 14. The summed E-state index contributed by atoms with van der Waals surface area (Å²) in [5.41, 5.74) is -0.259. The summed E-state index contributed by atoms with van der Waals surface area (Å²) in [7, 11) is 0. The number of Topliss-reactive ketones (excluding diaryl/α,β-unsaturated/α-hetero) is 1. The lowest BCUT2D eigenvalue weighted by molar-refractivity contribution is -0.350. The average Bonchev–Trinajstić information content (AvgIpc) is 3.03. The van der Waals surface area contributed by atoms with Crippen LogP contribution in [0.1, 0.15) is 52.9 Å². The monoisotopic (exact) mass is 658 g/mol. The number of carbonyl (C=O) groups excluding carboxylic acids is 1. The van der Waals surface area contributed by atoms with Crippen LogP contribution in [0.15, 0.2) is 23.8 Å². The Balaban J connectivity index is 1.35. The molecule has 14 nitrogen and oxygen atoms in total. The number of carbonyl (C=O) groups is 1. The molecule has 0 radical (unpaired) electrons. The largest absolute Gasteiger partial charge is 0.396 e. The third-order valence-corrected chi connectivity index (χ3v) is 11.6. The van der Waals surface area contributed by atoms with Crippen LogP contribution in [0.4, 0.5) is 0 Å². The summed E-state index contributed by atoms with van der Waals surface area (Å²) in [4.78, 5) is 13.6. The average molecular weight is 659 g/mol. The van der Waals surface area contributed by atoms with Crippen molar-refractivity contribution in [1.82, 2.24) is 0 Å². The van der Waals surface area contributed by atoms with Crippen LogP contribution < -0.4 is 0 Å². The van der Waals surface area contributed by atoms with E-state index >= 15 is 0 Å². The van der Waals surface area contributed by atoms with Crippen LogP contribution >= 0.6 is 0 Å². The van der Waals surface area contributed by atoms with E-state index in [-0.39, 0.29) is 24.0 Å². The summed E-state index contributed by atoms with van der Waals surface area (Å²) in [6, 6.07) is 0. The molecule has 0 amide bonds. The number of aliphatic hydroxyl groups is 9. The second-order valence-electron chi connectivity index (χ2n) is 14.6. The Labute approximate surface area is 267 Å². The molecule has 9 N–H and O–H groups in total. The molecular formula is C32H50O14. The minimum atomic E-state index is -1.79. The van der Waals surface area contributed by atoms with Gasteiger partial charge >= 0.3 is 0 Å². The van der Waals surface area contributed by atoms with Gasteiger partial charge in [-0.3, -0.25) is 4.79 Å². The van der Waals surface area contributed by atoms with Crippen molar-refractivity contribution in [3.63, 3.8) is 0 Å². The molecule has 46 heavy (non-hydrogen) atoms. The number of fused-ring (bicyclic) bond motifs is 2. The molecule has 0 spiro atoms. The highest BCUT2D eigenvalue weighted by Gasteiger charge is 2.63. The predicted molar refractivity (Wildman–Crippen MR) is 157 cm³/mol. The number of ether oxygens (including phenoxy) is 4. The lowest BCUT2D eigenvalue weighted by Gasteiger charge is -2.61. The van der Waals surface area contributed by atoms with Crippen LogP contribution in [0.2, 0.25) is 0 Å². The molecule has 0 bridgehead atoms. The van der Waals surface area contributed by atoms with E-state index in [0.29, 0.717) is 12.8 Å². The van der Waals surface area contributed by atoms with Gasteiger partial charge in [0, 0.05) is 11.8 Å². The van der Waals surface area contributed by atoms with E-state index < -0.39 is 110 Å². The lowest BCUT2D eigenvalue weighted by Crippen LogP contribution is -2.66. The molecule has 3 fully saturated rings. The van der Waals surface area contributed by atoms with Gasteiger partial charge in [0.25, 0.3) is 0 Å². The van der Waals surface area contributed by atoms with E-state index in [1.54, 1.807) is 6.92 Å². The molecule has 0 unspecified atom stereocenters. The van der Waals surface area contributed by atoms with Crippen LogP contribution in [0.5, 0.6) is 0 Å². The maximum atomic E-state index is 13.6. The molecule has 2 aliphatic heterocycles. The van der Waals surface area contributed by atoms with Crippen molar-refractivity contribution in [3.05, 3.63) is 23.8 Å². The van der Waals surface area contributed by atoms with Crippen LogP contribution in [0.25, 0.3) is 0 Å². The summed E-state index contributed by atoms with van der Waals surface area (Å²) in [6.45, 7) is 8.08. The summed E-state index contributed by atoms with van der Waals surface area (Å²) >= 11 is 0. The Hall–Kier alpha value is -1.37. The summed E-state index contributed by atoms with van der Waals surface area (Å²) < 4.78 is 22.8. The molecular weight excluding hydrogens is 608 g/mol. The van der Waals surface area contributed by atoms with Gasteiger partial charge in [-0.1, -0.05) is 32.4 Å². The zero-order valence-corrected chi connectivity index (χ0v) is 26.5. The normalized spacial score (nSPS) is 51.4. The lowest BCUT2D eigenvalue weighted by atomic mass is 9.46. The number of hydrogen-bond donors (Lipinski definition) is 9. The zero-order chi connectivity index (χ0) is 33.9. The van der Waals surface area contributed by atoms with Gasteiger partial charge in [0.05, 0.1) is 32.0 Å². The van der Waals surface area contributed by atoms with Crippen molar-refractivity contribution in [2.75, 3.05) is 19.8 Å². The highest BCUT2D eigenvalue weighted by atomic mass is 16.7. The minimum absolute atomic E-state index is 0.0158. The number of ketones is 1. The van der Waals surface area contributed by atoms with E-state index in [2.05, 4.69) is 13.5 Å². The topological polar surface area (TPSA) is 236 Å². The highest BCUT2D eigenvalue weighted by Crippen LogP contribution is 2.63. The first-order valence-corrected chi connectivity index (χ1v) is 16.0. The fourth-order valence-corrected chi connectivity index (χ4v) is 8.53. The molecule has 14 heteroatoms. The molecule has 2 saturated heterocycles. The van der Waals surface area contributed by atoms with Gasteiger partial charge in [-0.05, 0) is 48.0 Å². The van der Waals surface area contributed by atoms with E-state index in [9.17, 15) is 50.8 Å².